The van der Waals surface area contributed by atoms with Crippen molar-refractivity contribution in [2.75, 3.05) is 12.3 Å². The highest BCUT2D eigenvalue weighted by Crippen LogP contribution is 2.38. The van der Waals surface area contributed by atoms with E-state index in [0.29, 0.717) is 0 Å². The second-order valence-corrected chi connectivity index (χ2v) is 4.94. The Hall–Kier alpha value is -2.00. The molecule has 5 N–H and O–H groups in total. The van der Waals surface area contributed by atoms with E-state index in [0.717, 1.165) is 0 Å². The Morgan fingerprint density at radius 2 is 2.35 bits per heavy atom. The summed E-state index contributed by atoms with van der Waals surface area (Å²) in [5.41, 5.74) is 5.21. The number of aliphatic hydroxyl groups is 2. The fraction of sp³-hybridized carbons (Fsp3) is 0.545. The van der Waals surface area contributed by atoms with Crippen molar-refractivity contribution in [1.82, 2.24) is 19.5 Å². The van der Waals surface area contributed by atoms with E-state index in [-0.39, 0.29) is 23.5 Å². The molecular weight excluding hydrogens is 269 g/mol. The molecule has 0 saturated heterocycles. The van der Waals surface area contributed by atoms with E-state index in [1.165, 1.54) is 10.9 Å². The van der Waals surface area contributed by atoms with Crippen LogP contribution in [-0.2, 0) is 0 Å². The van der Waals surface area contributed by atoms with E-state index < -0.39 is 36.4 Å². The third-order valence-electron chi connectivity index (χ3n) is 3.77. The van der Waals surface area contributed by atoms with Crippen molar-refractivity contribution in [1.29, 1.82) is 0 Å². The molecule has 0 aromatic carbocycles. The number of aromatic amines is 1. The fourth-order valence-corrected chi connectivity index (χ4v) is 2.72. The Morgan fingerprint density at radius 1 is 1.60 bits per heavy atom. The molecule has 9 heteroatoms. The monoisotopic (exact) mass is 283 g/mol. The van der Waals surface area contributed by atoms with Crippen LogP contribution in [0.2, 0.25) is 0 Å². The van der Waals surface area contributed by atoms with Gasteiger partial charge in [-0.05, 0) is 6.42 Å². The number of nitrogens with two attached hydrogens (primary N) is 1. The third kappa shape index (κ3) is 1.78. The van der Waals surface area contributed by atoms with Gasteiger partial charge in [0.2, 0.25) is 5.95 Å². The molecule has 2 aromatic rings. The number of alkyl halides is 1. The van der Waals surface area contributed by atoms with E-state index in [9.17, 15) is 14.3 Å². The maximum Gasteiger partial charge on any atom is 0.280 e. The number of nitrogen functional groups attached to an aromatic ring is 1. The summed E-state index contributed by atoms with van der Waals surface area (Å²) in [6.45, 7) is -0.443. The number of fused-ring (bicyclic) bond motifs is 1. The molecule has 0 spiro atoms. The van der Waals surface area contributed by atoms with Crippen LogP contribution in [0.1, 0.15) is 12.5 Å². The standard InChI is InChI=1S/C11H14FN5O3/c12-7-4(2-18)6(19)1-5(7)17-3-14-8-9(17)15-11(13)16-10(8)20/h3-7,18-19H,1-2H2,(H3,13,15,16,20)/t4-,5?,6+,7-/m0/s1. The summed E-state index contributed by atoms with van der Waals surface area (Å²) in [6, 6.07) is -0.735. The third-order valence-corrected chi connectivity index (χ3v) is 3.77. The molecule has 0 amide bonds. The van der Waals surface area contributed by atoms with Gasteiger partial charge >= 0.3 is 0 Å². The molecule has 1 aliphatic carbocycles. The van der Waals surface area contributed by atoms with Crippen LogP contribution < -0.4 is 11.3 Å². The van der Waals surface area contributed by atoms with Crippen LogP contribution in [0.15, 0.2) is 11.1 Å². The first-order chi connectivity index (χ1) is 9.52. The Labute approximate surface area is 112 Å². The number of imidazole rings is 1. The smallest absolute Gasteiger partial charge is 0.280 e. The van der Waals surface area contributed by atoms with Gasteiger partial charge in [-0.1, -0.05) is 0 Å². The number of hydrogen-bond donors (Lipinski definition) is 4. The van der Waals surface area contributed by atoms with E-state index in [2.05, 4.69) is 15.0 Å². The van der Waals surface area contributed by atoms with Crippen LogP contribution in [0.25, 0.3) is 11.2 Å². The number of aliphatic hydroxyl groups excluding tert-OH is 2. The van der Waals surface area contributed by atoms with E-state index >= 15 is 0 Å². The zero-order valence-corrected chi connectivity index (χ0v) is 10.4. The van der Waals surface area contributed by atoms with Crippen molar-refractivity contribution < 1.29 is 14.6 Å². The predicted octanol–water partition coefficient (Wildman–Crippen LogP) is -1.05. The minimum atomic E-state index is -1.45. The number of nitrogens with one attached hydrogen (secondary N) is 1. The molecule has 1 fully saturated rings. The van der Waals surface area contributed by atoms with Gasteiger partial charge < -0.3 is 20.5 Å². The Morgan fingerprint density at radius 3 is 3.00 bits per heavy atom. The van der Waals surface area contributed by atoms with E-state index in [1.54, 1.807) is 0 Å². The van der Waals surface area contributed by atoms with Gasteiger partial charge in [0.1, 0.15) is 6.17 Å². The first-order valence-electron chi connectivity index (χ1n) is 6.18. The second-order valence-electron chi connectivity index (χ2n) is 4.94. The molecule has 0 radical (unpaired) electrons. The van der Waals surface area contributed by atoms with Gasteiger partial charge in [-0.15, -0.1) is 0 Å². The van der Waals surface area contributed by atoms with Crippen LogP contribution in [0, 0.1) is 5.92 Å². The molecular formula is C11H14FN5O3. The van der Waals surface area contributed by atoms with Gasteiger partial charge in [-0.25, -0.2) is 9.37 Å². The molecule has 108 valence electrons. The number of rotatable bonds is 2. The number of anilines is 1. The van der Waals surface area contributed by atoms with Crippen LogP contribution in [0.3, 0.4) is 0 Å². The minimum absolute atomic E-state index is 0.0633. The summed E-state index contributed by atoms with van der Waals surface area (Å²) in [6.07, 6.45) is -0.978. The lowest BCUT2D eigenvalue weighted by Gasteiger charge is -2.17. The summed E-state index contributed by atoms with van der Waals surface area (Å²) >= 11 is 0. The average Bonchev–Trinajstić information content (AvgIpc) is 2.91. The quantitative estimate of drug-likeness (QED) is 0.556. The lowest BCUT2D eigenvalue weighted by molar-refractivity contribution is 0.0593. The second kappa shape index (κ2) is 4.53. The minimum Gasteiger partial charge on any atom is -0.396 e. The summed E-state index contributed by atoms with van der Waals surface area (Å²) in [7, 11) is 0. The number of halogens is 1. The highest BCUT2D eigenvalue weighted by molar-refractivity contribution is 5.70. The average molecular weight is 283 g/mol. The molecule has 20 heavy (non-hydrogen) atoms. The van der Waals surface area contributed by atoms with E-state index in [1.807, 2.05) is 0 Å². The summed E-state index contributed by atoms with van der Waals surface area (Å²) in [4.78, 5) is 21.8. The highest BCUT2D eigenvalue weighted by atomic mass is 19.1. The Kier molecular flexibility index (Phi) is 2.94. The molecule has 0 aliphatic heterocycles. The van der Waals surface area contributed by atoms with Gasteiger partial charge in [0.25, 0.3) is 5.56 Å². The molecule has 1 unspecified atom stereocenters. The Balaban J connectivity index is 2.10. The normalized spacial score (nSPS) is 30.1. The summed E-state index contributed by atoms with van der Waals surface area (Å²) in [5.74, 6) is -0.936. The molecule has 4 atom stereocenters. The number of H-pyrrole nitrogens is 1. The van der Waals surface area contributed by atoms with Crippen molar-refractivity contribution in [3.8, 4) is 0 Å². The topological polar surface area (TPSA) is 130 Å². The fourth-order valence-electron chi connectivity index (χ4n) is 2.72. The largest absolute Gasteiger partial charge is 0.396 e. The van der Waals surface area contributed by atoms with Crippen molar-refractivity contribution in [3.05, 3.63) is 16.7 Å². The predicted molar refractivity (Wildman–Crippen MR) is 67.7 cm³/mol. The SMILES string of the molecule is Nc1nc2c(ncn2C2C[C@@H](O)[C@H](CO)[C@@H]2F)c(=O)[nH]1. The first-order valence-corrected chi connectivity index (χ1v) is 6.18. The number of aromatic nitrogens is 4. The molecule has 1 saturated carbocycles. The molecule has 2 aromatic heterocycles. The van der Waals surface area contributed by atoms with Crippen molar-refractivity contribution in [2.45, 2.75) is 24.7 Å². The highest BCUT2D eigenvalue weighted by Gasteiger charge is 2.44. The number of nitrogens with zero attached hydrogens (tertiary/aromatic N) is 3. The zero-order chi connectivity index (χ0) is 14.4. The van der Waals surface area contributed by atoms with Gasteiger partial charge in [0.15, 0.2) is 11.2 Å². The molecule has 3 rings (SSSR count). The van der Waals surface area contributed by atoms with E-state index in [4.69, 9.17) is 10.8 Å². The van der Waals surface area contributed by atoms with Gasteiger partial charge in [-0.3, -0.25) is 9.78 Å². The van der Waals surface area contributed by atoms with Crippen LogP contribution >= 0.6 is 0 Å². The lowest BCUT2D eigenvalue weighted by atomic mass is 10.1. The lowest BCUT2D eigenvalue weighted by Crippen LogP contribution is -2.26. The van der Waals surface area contributed by atoms with Crippen LogP contribution in [0.5, 0.6) is 0 Å². The summed E-state index contributed by atoms with van der Waals surface area (Å²) in [5, 5.41) is 18.9. The van der Waals surface area contributed by atoms with Crippen LogP contribution in [-0.4, -0.2) is 48.6 Å². The maximum atomic E-state index is 14.3. The van der Waals surface area contributed by atoms with Crippen LogP contribution in [0.4, 0.5) is 10.3 Å². The number of hydrogen-bond acceptors (Lipinski definition) is 6. The molecule has 1 aliphatic rings. The molecule has 8 nitrogen and oxygen atoms in total. The van der Waals surface area contributed by atoms with Gasteiger partial charge in [0, 0.05) is 5.92 Å². The van der Waals surface area contributed by atoms with Crippen molar-refractivity contribution >= 4 is 17.1 Å². The van der Waals surface area contributed by atoms with Gasteiger partial charge in [-0.2, -0.15) is 4.98 Å². The molecule has 2 heterocycles. The van der Waals surface area contributed by atoms with Crippen molar-refractivity contribution in [2.24, 2.45) is 5.92 Å². The maximum absolute atomic E-state index is 14.3. The Bertz CT molecular complexity index is 699. The first kappa shape index (κ1) is 13.0. The summed E-state index contributed by atoms with van der Waals surface area (Å²) < 4.78 is 15.7. The van der Waals surface area contributed by atoms with Crippen molar-refractivity contribution in [3.63, 3.8) is 0 Å². The zero-order valence-electron chi connectivity index (χ0n) is 10.4. The molecule has 0 bridgehead atoms. The van der Waals surface area contributed by atoms with Gasteiger partial charge in [0.05, 0.1) is 25.1 Å².